The van der Waals surface area contributed by atoms with Gasteiger partial charge in [-0.05, 0) is 72.2 Å². The van der Waals surface area contributed by atoms with E-state index >= 15 is 0 Å². The highest BCUT2D eigenvalue weighted by atomic mass is 16.5. The minimum absolute atomic E-state index is 0.252. The van der Waals surface area contributed by atoms with E-state index in [1.807, 2.05) is 12.1 Å². The van der Waals surface area contributed by atoms with E-state index in [0.29, 0.717) is 19.1 Å². The van der Waals surface area contributed by atoms with Gasteiger partial charge in [0.2, 0.25) is 0 Å². The quantitative estimate of drug-likeness (QED) is 0.430. The third-order valence-electron chi connectivity index (χ3n) is 6.97. The Morgan fingerprint density at radius 2 is 1.61 bits per heavy atom. The standard InChI is InChI=1S/C29H35NO3/c1-17(2)22-9-11-23(12-10-22)24-16-33-29-19(4)18(3)28(20(5)27(24)29)30-15-21-8-13-25(31-6)26(14-21)32-7/h8-14,17,24,30H,15-16H2,1-7H3. The van der Waals surface area contributed by atoms with Gasteiger partial charge >= 0.3 is 0 Å². The van der Waals surface area contributed by atoms with Crippen molar-refractivity contribution in [2.24, 2.45) is 0 Å². The van der Waals surface area contributed by atoms with Crippen LogP contribution in [-0.4, -0.2) is 20.8 Å². The molecule has 1 N–H and O–H groups in total. The summed E-state index contributed by atoms with van der Waals surface area (Å²) in [4.78, 5) is 0. The Labute approximate surface area is 197 Å². The molecule has 4 rings (SSSR count). The highest BCUT2D eigenvalue weighted by Crippen LogP contribution is 2.47. The summed E-state index contributed by atoms with van der Waals surface area (Å²) >= 11 is 0. The number of methoxy groups -OCH3 is 2. The molecule has 0 saturated heterocycles. The minimum Gasteiger partial charge on any atom is -0.493 e. The highest BCUT2D eigenvalue weighted by Gasteiger charge is 2.31. The summed E-state index contributed by atoms with van der Waals surface area (Å²) in [5.74, 6) is 3.33. The lowest BCUT2D eigenvalue weighted by atomic mass is 9.85. The van der Waals surface area contributed by atoms with Crippen LogP contribution in [0.2, 0.25) is 0 Å². The summed E-state index contributed by atoms with van der Waals surface area (Å²) in [5, 5.41) is 3.70. The molecule has 0 aromatic heterocycles. The largest absolute Gasteiger partial charge is 0.493 e. The molecule has 33 heavy (non-hydrogen) atoms. The molecule has 3 aromatic rings. The topological polar surface area (TPSA) is 39.7 Å². The summed E-state index contributed by atoms with van der Waals surface area (Å²) in [6, 6.07) is 15.1. The van der Waals surface area contributed by atoms with E-state index < -0.39 is 0 Å². The van der Waals surface area contributed by atoms with Gasteiger partial charge in [-0.25, -0.2) is 0 Å². The lowest BCUT2D eigenvalue weighted by Gasteiger charge is -2.21. The van der Waals surface area contributed by atoms with Crippen molar-refractivity contribution in [1.82, 2.24) is 0 Å². The first-order chi connectivity index (χ1) is 15.8. The van der Waals surface area contributed by atoms with Crippen LogP contribution in [0.5, 0.6) is 17.2 Å². The van der Waals surface area contributed by atoms with Crippen LogP contribution in [0.15, 0.2) is 42.5 Å². The summed E-state index contributed by atoms with van der Waals surface area (Å²) in [6.45, 7) is 12.4. The van der Waals surface area contributed by atoms with Crippen LogP contribution in [-0.2, 0) is 6.54 Å². The highest BCUT2D eigenvalue weighted by molar-refractivity contribution is 5.70. The fourth-order valence-corrected chi connectivity index (χ4v) is 4.82. The van der Waals surface area contributed by atoms with Crippen molar-refractivity contribution in [3.8, 4) is 17.2 Å². The summed E-state index contributed by atoms with van der Waals surface area (Å²) in [7, 11) is 3.33. The molecule has 0 fully saturated rings. The third-order valence-corrected chi connectivity index (χ3v) is 6.97. The van der Waals surface area contributed by atoms with Crippen LogP contribution in [0.3, 0.4) is 0 Å². The van der Waals surface area contributed by atoms with Gasteiger partial charge < -0.3 is 19.5 Å². The van der Waals surface area contributed by atoms with Crippen LogP contribution < -0.4 is 19.5 Å². The predicted molar refractivity (Wildman–Crippen MR) is 135 cm³/mol. The predicted octanol–water partition coefficient (Wildman–Crippen LogP) is 6.89. The second-order valence-electron chi connectivity index (χ2n) is 9.22. The van der Waals surface area contributed by atoms with E-state index in [2.05, 4.69) is 70.3 Å². The monoisotopic (exact) mass is 445 g/mol. The molecule has 0 radical (unpaired) electrons. The Hall–Kier alpha value is -3.14. The van der Waals surface area contributed by atoms with Gasteiger partial charge in [-0.1, -0.05) is 44.2 Å². The van der Waals surface area contributed by atoms with E-state index in [1.54, 1.807) is 14.2 Å². The fourth-order valence-electron chi connectivity index (χ4n) is 4.82. The van der Waals surface area contributed by atoms with Gasteiger partial charge in [-0.2, -0.15) is 0 Å². The fraction of sp³-hybridized carbons (Fsp3) is 0.379. The molecule has 1 aliphatic rings. The van der Waals surface area contributed by atoms with Crippen molar-refractivity contribution >= 4 is 5.69 Å². The van der Waals surface area contributed by atoms with E-state index in [1.165, 1.54) is 39.1 Å². The zero-order valence-electron chi connectivity index (χ0n) is 20.8. The van der Waals surface area contributed by atoms with Gasteiger partial charge in [0, 0.05) is 23.7 Å². The third kappa shape index (κ3) is 4.27. The van der Waals surface area contributed by atoms with Gasteiger partial charge in [-0.3, -0.25) is 0 Å². The zero-order valence-corrected chi connectivity index (χ0v) is 20.8. The first-order valence-corrected chi connectivity index (χ1v) is 11.7. The number of nitrogens with one attached hydrogen (secondary N) is 1. The Balaban J connectivity index is 1.66. The van der Waals surface area contributed by atoms with Gasteiger partial charge in [-0.15, -0.1) is 0 Å². The van der Waals surface area contributed by atoms with Crippen LogP contribution >= 0.6 is 0 Å². The lowest BCUT2D eigenvalue weighted by molar-refractivity contribution is 0.341. The van der Waals surface area contributed by atoms with Crippen molar-refractivity contribution in [1.29, 1.82) is 0 Å². The normalized spacial score (nSPS) is 14.7. The van der Waals surface area contributed by atoms with Crippen LogP contribution in [0.4, 0.5) is 5.69 Å². The smallest absolute Gasteiger partial charge is 0.161 e. The van der Waals surface area contributed by atoms with Gasteiger partial charge in [0.05, 0.1) is 20.8 Å². The van der Waals surface area contributed by atoms with E-state index in [0.717, 1.165) is 22.8 Å². The van der Waals surface area contributed by atoms with E-state index in [4.69, 9.17) is 14.2 Å². The molecule has 0 saturated carbocycles. The van der Waals surface area contributed by atoms with Crippen molar-refractivity contribution in [2.45, 2.75) is 53.0 Å². The molecule has 4 heteroatoms. The Morgan fingerprint density at radius 1 is 0.909 bits per heavy atom. The second kappa shape index (κ2) is 9.38. The number of rotatable bonds is 7. The summed E-state index contributed by atoms with van der Waals surface area (Å²) in [5.41, 5.74) is 10.0. The van der Waals surface area contributed by atoms with Crippen molar-refractivity contribution in [3.63, 3.8) is 0 Å². The summed E-state index contributed by atoms with van der Waals surface area (Å²) in [6.07, 6.45) is 0. The number of hydrogen-bond acceptors (Lipinski definition) is 4. The first kappa shape index (κ1) is 23.0. The molecule has 0 bridgehead atoms. The Kier molecular flexibility index (Phi) is 6.55. The van der Waals surface area contributed by atoms with E-state index in [-0.39, 0.29) is 5.92 Å². The SMILES string of the molecule is COc1ccc(CNc2c(C)c(C)c3c(c2C)C(c2ccc(C(C)C)cc2)CO3)cc1OC. The maximum atomic E-state index is 6.25. The summed E-state index contributed by atoms with van der Waals surface area (Å²) < 4.78 is 17.1. The molecule has 3 aromatic carbocycles. The first-order valence-electron chi connectivity index (χ1n) is 11.7. The molecule has 4 nitrogen and oxygen atoms in total. The number of anilines is 1. The molecule has 0 amide bonds. The average molecular weight is 446 g/mol. The molecular weight excluding hydrogens is 410 g/mol. The Morgan fingerprint density at radius 3 is 2.24 bits per heavy atom. The average Bonchev–Trinajstić information content (AvgIpc) is 3.28. The molecule has 174 valence electrons. The lowest BCUT2D eigenvalue weighted by Crippen LogP contribution is -2.08. The number of hydrogen-bond donors (Lipinski definition) is 1. The van der Waals surface area contributed by atoms with Crippen LogP contribution in [0, 0.1) is 20.8 Å². The molecule has 1 atom stereocenters. The molecule has 0 spiro atoms. The number of fused-ring (bicyclic) bond motifs is 1. The maximum absolute atomic E-state index is 6.25. The Bertz CT molecular complexity index is 1150. The van der Waals surface area contributed by atoms with Gasteiger partial charge in [0.15, 0.2) is 11.5 Å². The van der Waals surface area contributed by atoms with Crippen LogP contribution in [0.1, 0.15) is 64.6 Å². The van der Waals surface area contributed by atoms with Gasteiger partial charge in [0.1, 0.15) is 5.75 Å². The van der Waals surface area contributed by atoms with Crippen molar-refractivity contribution in [2.75, 3.05) is 26.1 Å². The molecule has 1 heterocycles. The van der Waals surface area contributed by atoms with Crippen molar-refractivity contribution < 1.29 is 14.2 Å². The maximum Gasteiger partial charge on any atom is 0.161 e. The zero-order chi connectivity index (χ0) is 23.7. The molecule has 0 aliphatic carbocycles. The second-order valence-corrected chi connectivity index (χ2v) is 9.22. The number of benzene rings is 3. The van der Waals surface area contributed by atoms with E-state index in [9.17, 15) is 0 Å². The molecule has 1 unspecified atom stereocenters. The molecular formula is C29H35NO3. The van der Waals surface area contributed by atoms with Crippen LogP contribution in [0.25, 0.3) is 0 Å². The van der Waals surface area contributed by atoms with Crippen molar-refractivity contribution in [3.05, 3.63) is 81.4 Å². The molecule has 1 aliphatic heterocycles. The van der Waals surface area contributed by atoms with Gasteiger partial charge in [0.25, 0.3) is 0 Å². The minimum atomic E-state index is 0.252. The number of ether oxygens (including phenoxy) is 3.